The first kappa shape index (κ1) is 13.4. The van der Waals surface area contributed by atoms with Crippen molar-refractivity contribution in [1.82, 2.24) is 0 Å². The molecule has 1 rings (SSSR count). The molecule has 4 nitrogen and oxygen atoms in total. The average Bonchev–Trinajstić information content (AvgIpc) is 2.29. The molecule has 0 aliphatic rings. The van der Waals surface area contributed by atoms with Gasteiger partial charge in [-0.05, 0) is 24.5 Å². The van der Waals surface area contributed by atoms with Gasteiger partial charge in [0.1, 0.15) is 5.75 Å². The largest absolute Gasteiger partial charge is 0.508 e. The summed E-state index contributed by atoms with van der Waals surface area (Å²) >= 11 is 0. The molecule has 0 heterocycles. The molecule has 0 fully saturated rings. The summed E-state index contributed by atoms with van der Waals surface area (Å²) in [5.41, 5.74) is 0. The number of benzene rings is 1. The second-order valence-electron chi connectivity index (χ2n) is 4.18. The lowest BCUT2D eigenvalue weighted by atomic mass is 10.0. The fraction of sp³-hybridized carbons (Fsp3) is 0.462. The second-order valence-corrected chi connectivity index (χ2v) is 4.18. The van der Waals surface area contributed by atoms with Gasteiger partial charge in [0.05, 0.1) is 0 Å². The Morgan fingerprint density at radius 3 is 2.71 bits per heavy atom. The van der Waals surface area contributed by atoms with Crippen molar-refractivity contribution in [2.75, 3.05) is 0 Å². The van der Waals surface area contributed by atoms with Crippen molar-refractivity contribution in [2.24, 2.45) is 5.92 Å². The van der Waals surface area contributed by atoms with E-state index < -0.39 is 0 Å². The second kappa shape index (κ2) is 6.13. The number of ether oxygens (including phenoxy) is 1. The summed E-state index contributed by atoms with van der Waals surface area (Å²) < 4.78 is 5.00. The molecule has 17 heavy (non-hydrogen) atoms. The third kappa shape index (κ3) is 4.34. The molecule has 0 saturated heterocycles. The van der Waals surface area contributed by atoms with E-state index in [2.05, 4.69) is 13.8 Å². The molecular weight excluding hydrogens is 220 g/mol. The van der Waals surface area contributed by atoms with Gasteiger partial charge in [0.2, 0.25) is 0 Å². The maximum Gasteiger partial charge on any atom is 0.311 e. The minimum atomic E-state index is -0.369. The number of phenolic OH excluding ortho intramolecular Hbond substituents is 2. The average molecular weight is 238 g/mol. The fourth-order valence-electron chi connectivity index (χ4n) is 1.33. The van der Waals surface area contributed by atoms with Gasteiger partial charge in [-0.25, -0.2) is 0 Å². The highest BCUT2D eigenvalue weighted by atomic mass is 16.5. The molecule has 0 spiro atoms. The van der Waals surface area contributed by atoms with Crippen molar-refractivity contribution in [3.05, 3.63) is 18.2 Å². The number of rotatable bonds is 5. The SMILES string of the molecule is CCC(C)CCC(=O)Oc1ccc(O)cc1O. The Bertz CT molecular complexity index is 387. The Hall–Kier alpha value is -1.71. The van der Waals surface area contributed by atoms with Crippen LogP contribution in [0.3, 0.4) is 0 Å². The highest BCUT2D eigenvalue weighted by Crippen LogP contribution is 2.29. The van der Waals surface area contributed by atoms with Gasteiger partial charge in [0.15, 0.2) is 11.5 Å². The van der Waals surface area contributed by atoms with Crippen LogP contribution < -0.4 is 4.74 Å². The van der Waals surface area contributed by atoms with Crippen LogP contribution >= 0.6 is 0 Å². The zero-order valence-electron chi connectivity index (χ0n) is 10.1. The van der Waals surface area contributed by atoms with E-state index in [4.69, 9.17) is 9.84 Å². The molecule has 0 aliphatic heterocycles. The number of carbonyl (C=O) groups excluding carboxylic acids is 1. The molecular formula is C13H18O4. The zero-order chi connectivity index (χ0) is 12.8. The van der Waals surface area contributed by atoms with E-state index in [9.17, 15) is 9.90 Å². The Morgan fingerprint density at radius 1 is 1.41 bits per heavy atom. The number of carbonyl (C=O) groups is 1. The first-order valence-electron chi connectivity index (χ1n) is 5.75. The maximum atomic E-state index is 11.5. The lowest BCUT2D eigenvalue weighted by Crippen LogP contribution is -2.09. The Balaban J connectivity index is 2.50. The quantitative estimate of drug-likeness (QED) is 0.611. The van der Waals surface area contributed by atoms with Gasteiger partial charge in [0.25, 0.3) is 0 Å². The smallest absolute Gasteiger partial charge is 0.311 e. The summed E-state index contributed by atoms with van der Waals surface area (Å²) in [5.74, 6) is -0.108. The summed E-state index contributed by atoms with van der Waals surface area (Å²) in [6.07, 6.45) is 2.13. The molecule has 1 aromatic carbocycles. The number of hydrogen-bond acceptors (Lipinski definition) is 4. The topological polar surface area (TPSA) is 66.8 Å². The lowest BCUT2D eigenvalue weighted by Gasteiger charge is -2.09. The third-order valence-electron chi connectivity index (χ3n) is 2.70. The zero-order valence-corrected chi connectivity index (χ0v) is 10.1. The Morgan fingerprint density at radius 2 is 2.12 bits per heavy atom. The van der Waals surface area contributed by atoms with Crippen LogP contribution in [0.5, 0.6) is 17.2 Å². The van der Waals surface area contributed by atoms with Crippen molar-refractivity contribution >= 4 is 5.97 Å². The predicted molar refractivity (Wildman–Crippen MR) is 64.1 cm³/mol. The van der Waals surface area contributed by atoms with Gasteiger partial charge in [0, 0.05) is 12.5 Å². The van der Waals surface area contributed by atoms with E-state index >= 15 is 0 Å². The summed E-state index contributed by atoms with van der Waals surface area (Å²) in [4.78, 5) is 11.5. The molecule has 1 unspecified atom stereocenters. The summed E-state index contributed by atoms with van der Waals surface area (Å²) in [5, 5.41) is 18.5. The standard InChI is InChI=1S/C13H18O4/c1-3-9(2)4-7-13(16)17-12-6-5-10(14)8-11(12)15/h5-6,8-9,14-15H,3-4,7H2,1-2H3. The van der Waals surface area contributed by atoms with E-state index in [1.54, 1.807) is 0 Å². The highest BCUT2D eigenvalue weighted by Gasteiger charge is 2.10. The van der Waals surface area contributed by atoms with Crippen LogP contribution in [-0.2, 0) is 4.79 Å². The van der Waals surface area contributed by atoms with Crippen LogP contribution in [0.2, 0.25) is 0 Å². The first-order chi connectivity index (χ1) is 8.02. The minimum Gasteiger partial charge on any atom is -0.508 e. The van der Waals surface area contributed by atoms with Crippen LogP contribution in [0.25, 0.3) is 0 Å². The Kier molecular flexibility index (Phi) is 4.82. The van der Waals surface area contributed by atoms with Gasteiger partial charge < -0.3 is 14.9 Å². The molecule has 0 bridgehead atoms. The van der Waals surface area contributed by atoms with Crippen LogP contribution in [0.15, 0.2) is 18.2 Å². The predicted octanol–water partition coefficient (Wildman–Crippen LogP) is 2.83. The highest BCUT2D eigenvalue weighted by molar-refractivity contribution is 5.73. The van der Waals surface area contributed by atoms with E-state index in [0.717, 1.165) is 18.9 Å². The molecule has 1 atom stereocenters. The Labute approximate surface area is 101 Å². The van der Waals surface area contributed by atoms with Crippen molar-refractivity contribution < 1.29 is 19.7 Å². The molecule has 1 aromatic rings. The molecule has 0 aromatic heterocycles. The summed E-state index contributed by atoms with van der Waals surface area (Å²) in [6, 6.07) is 3.86. The van der Waals surface area contributed by atoms with E-state index in [1.807, 2.05) is 0 Å². The molecule has 94 valence electrons. The molecule has 0 radical (unpaired) electrons. The lowest BCUT2D eigenvalue weighted by molar-refractivity contribution is -0.134. The molecule has 2 N–H and O–H groups in total. The van der Waals surface area contributed by atoms with Crippen LogP contribution in [-0.4, -0.2) is 16.2 Å². The van der Waals surface area contributed by atoms with Crippen molar-refractivity contribution in [3.63, 3.8) is 0 Å². The molecule has 0 saturated carbocycles. The van der Waals surface area contributed by atoms with E-state index in [0.29, 0.717) is 12.3 Å². The van der Waals surface area contributed by atoms with Gasteiger partial charge in [-0.2, -0.15) is 0 Å². The number of esters is 1. The van der Waals surface area contributed by atoms with E-state index in [1.165, 1.54) is 12.1 Å². The van der Waals surface area contributed by atoms with Crippen molar-refractivity contribution in [2.45, 2.75) is 33.1 Å². The van der Waals surface area contributed by atoms with Gasteiger partial charge >= 0.3 is 5.97 Å². The molecule has 4 heteroatoms. The first-order valence-corrected chi connectivity index (χ1v) is 5.75. The molecule has 0 aliphatic carbocycles. The van der Waals surface area contributed by atoms with Crippen LogP contribution in [0.1, 0.15) is 33.1 Å². The number of aromatic hydroxyl groups is 2. The maximum absolute atomic E-state index is 11.5. The molecule has 0 amide bonds. The van der Waals surface area contributed by atoms with Crippen molar-refractivity contribution in [1.29, 1.82) is 0 Å². The normalized spacial score (nSPS) is 12.1. The van der Waals surface area contributed by atoms with Crippen LogP contribution in [0.4, 0.5) is 0 Å². The van der Waals surface area contributed by atoms with Gasteiger partial charge in [-0.15, -0.1) is 0 Å². The summed E-state index contributed by atoms with van der Waals surface area (Å²) in [6.45, 7) is 4.15. The van der Waals surface area contributed by atoms with Gasteiger partial charge in [-0.1, -0.05) is 20.3 Å². The van der Waals surface area contributed by atoms with Crippen LogP contribution in [0, 0.1) is 5.92 Å². The minimum absolute atomic E-state index is 0.0677. The third-order valence-corrected chi connectivity index (χ3v) is 2.70. The van der Waals surface area contributed by atoms with E-state index in [-0.39, 0.29) is 23.2 Å². The number of hydrogen-bond donors (Lipinski definition) is 2. The number of phenols is 2. The van der Waals surface area contributed by atoms with Gasteiger partial charge in [-0.3, -0.25) is 4.79 Å². The monoisotopic (exact) mass is 238 g/mol. The van der Waals surface area contributed by atoms with Crippen molar-refractivity contribution in [3.8, 4) is 17.2 Å². The fourth-order valence-corrected chi connectivity index (χ4v) is 1.33. The summed E-state index contributed by atoms with van der Waals surface area (Å²) in [7, 11) is 0.